The predicted octanol–water partition coefficient (Wildman–Crippen LogP) is 18.6. The van der Waals surface area contributed by atoms with Crippen molar-refractivity contribution in [1.29, 1.82) is 0 Å². The summed E-state index contributed by atoms with van der Waals surface area (Å²) in [7, 11) is 0. The molecule has 0 aliphatic carbocycles. The van der Waals surface area contributed by atoms with E-state index >= 15 is 0 Å². The number of rotatable bonds is 50. The van der Waals surface area contributed by atoms with Gasteiger partial charge in [0.25, 0.3) is 0 Å². The van der Waals surface area contributed by atoms with Gasteiger partial charge in [0, 0.05) is 19.3 Å². The molecule has 1 atom stereocenters. The van der Waals surface area contributed by atoms with Crippen LogP contribution in [0.25, 0.3) is 0 Å². The molecule has 0 aromatic rings. The standard InChI is InChI=1S/C60H104O6/c1-4-7-10-13-16-19-22-25-28-30-33-35-38-41-44-47-50-53-59(62)65-56-57(55-64-58(61)52-49-46-43-40-37-34-31-27-24-21-18-15-12-9-6-3)66-60(63)54-51-48-45-42-39-36-32-29-26-23-20-17-14-11-8-5-2/h16,18-19,21,24-25,27-29,32,36,39,57H,4-15,17,20,22-23,26,30-31,33-35,37-38,40-56H2,1-3H3/b19-16-,21-18-,27-24-,28-25-,32-29-,39-36-. The fraction of sp³-hybridized carbons (Fsp3) is 0.750. The Labute approximate surface area is 408 Å². The van der Waals surface area contributed by atoms with Gasteiger partial charge in [0.1, 0.15) is 13.2 Å². The molecule has 0 heterocycles. The fourth-order valence-electron chi connectivity index (χ4n) is 7.69. The van der Waals surface area contributed by atoms with Crippen molar-refractivity contribution in [3.63, 3.8) is 0 Å². The lowest BCUT2D eigenvalue weighted by Gasteiger charge is -2.18. The van der Waals surface area contributed by atoms with E-state index in [-0.39, 0.29) is 31.1 Å². The van der Waals surface area contributed by atoms with Crippen LogP contribution in [0.3, 0.4) is 0 Å². The predicted molar refractivity (Wildman–Crippen MR) is 284 cm³/mol. The molecule has 0 fully saturated rings. The minimum Gasteiger partial charge on any atom is -0.462 e. The molecule has 0 aliphatic rings. The highest BCUT2D eigenvalue weighted by Gasteiger charge is 2.19. The van der Waals surface area contributed by atoms with Gasteiger partial charge in [-0.2, -0.15) is 0 Å². The van der Waals surface area contributed by atoms with Crippen LogP contribution in [0.1, 0.15) is 271 Å². The van der Waals surface area contributed by atoms with Gasteiger partial charge in [-0.25, -0.2) is 0 Å². The summed E-state index contributed by atoms with van der Waals surface area (Å²) in [5.74, 6) is -0.934. The quantitative estimate of drug-likeness (QED) is 0.0199. The average molecular weight is 921 g/mol. The van der Waals surface area contributed by atoms with Crippen LogP contribution < -0.4 is 0 Å². The Morgan fingerprint density at radius 3 is 0.970 bits per heavy atom. The highest BCUT2D eigenvalue weighted by Crippen LogP contribution is 2.14. The van der Waals surface area contributed by atoms with Crippen LogP contribution in [0.15, 0.2) is 72.9 Å². The highest BCUT2D eigenvalue weighted by atomic mass is 16.6. The van der Waals surface area contributed by atoms with Crippen LogP contribution in [0.4, 0.5) is 0 Å². The Balaban J connectivity index is 4.45. The molecule has 0 aromatic carbocycles. The zero-order valence-corrected chi connectivity index (χ0v) is 43.4. The number of allylic oxidation sites excluding steroid dienone is 12. The first kappa shape index (κ1) is 62.8. The third-order valence-electron chi connectivity index (χ3n) is 12.0. The maximum Gasteiger partial charge on any atom is 0.306 e. The van der Waals surface area contributed by atoms with Crippen LogP contribution in [0, 0.1) is 0 Å². The summed E-state index contributed by atoms with van der Waals surface area (Å²) < 4.78 is 16.8. The molecular formula is C60H104O6. The van der Waals surface area contributed by atoms with Crippen LogP contribution in [-0.4, -0.2) is 37.2 Å². The molecule has 0 aromatic heterocycles. The third kappa shape index (κ3) is 51.8. The van der Waals surface area contributed by atoms with E-state index < -0.39 is 6.10 Å². The lowest BCUT2D eigenvalue weighted by atomic mass is 10.1. The van der Waals surface area contributed by atoms with Crippen molar-refractivity contribution in [2.45, 2.75) is 277 Å². The van der Waals surface area contributed by atoms with Gasteiger partial charge in [0.2, 0.25) is 0 Å². The molecule has 6 nitrogen and oxygen atoms in total. The Morgan fingerprint density at radius 2 is 0.591 bits per heavy atom. The number of unbranched alkanes of at least 4 members (excludes halogenated alkanes) is 29. The zero-order chi connectivity index (χ0) is 47.9. The Morgan fingerprint density at radius 1 is 0.318 bits per heavy atom. The largest absolute Gasteiger partial charge is 0.462 e. The van der Waals surface area contributed by atoms with Gasteiger partial charge >= 0.3 is 17.9 Å². The van der Waals surface area contributed by atoms with Gasteiger partial charge in [-0.05, 0) is 103 Å². The van der Waals surface area contributed by atoms with Crippen LogP contribution >= 0.6 is 0 Å². The molecule has 0 N–H and O–H groups in total. The Bertz CT molecular complexity index is 1240. The molecule has 0 rings (SSSR count). The summed E-state index contributed by atoms with van der Waals surface area (Å²) in [5.41, 5.74) is 0. The molecule has 0 saturated carbocycles. The Kier molecular flexibility index (Phi) is 51.9. The van der Waals surface area contributed by atoms with Crippen molar-refractivity contribution in [1.82, 2.24) is 0 Å². The second kappa shape index (κ2) is 54.5. The van der Waals surface area contributed by atoms with Gasteiger partial charge in [-0.3, -0.25) is 14.4 Å². The van der Waals surface area contributed by atoms with Crippen molar-refractivity contribution >= 4 is 17.9 Å². The summed E-state index contributed by atoms with van der Waals surface area (Å²) in [5, 5.41) is 0. The van der Waals surface area contributed by atoms with Crippen molar-refractivity contribution in [2.24, 2.45) is 0 Å². The van der Waals surface area contributed by atoms with Crippen LogP contribution in [0.2, 0.25) is 0 Å². The first-order valence-electron chi connectivity index (χ1n) is 28.0. The first-order valence-corrected chi connectivity index (χ1v) is 28.0. The van der Waals surface area contributed by atoms with Crippen molar-refractivity contribution in [2.75, 3.05) is 13.2 Å². The monoisotopic (exact) mass is 921 g/mol. The van der Waals surface area contributed by atoms with Gasteiger partial charge in [0.05, 0.1) is 0 Å². The highest BCUT2D eigenvalue weighted by molar-refractivity contribution is 5.71. The molecule has 0 bridgehead atoms. The van der Waals surface area contributed by atoms with Gasteiger partial charge in [-0.15, -0.1) is 0 Å². The summed E-state index contributed by atoms with van der Waals surface area (Å²) in [6, 6.07) is 0. The molecule has 380 valence electrons. The smallest absolute Gasteiger partial charge is 0.306 e. The van der Waals surface area contributed by atoms with Crippen molar-refractivity contribution in [3.8, 4) is 0 Å². The van der Waals surface area contributed by atoms with Crippen LogP contribution in [-0.2, 0) is 28.6 Å². The zero-order valence-electron chi connectivity index (χ0n) is 43.4. The topological polar surface area (TPSA) is 78.9 Å². The fourth-order valence-corrected chi connectivity index (χ4v) is 7.69. The molecule has 1 unspecified atom stereocenters. The summed E-state index contributed by atoms with van der Waals surface area (Å²) in [6.45, 7) is 6.55. The average Bonchev–Trinajstić information content (AvgIpc) is 3.31. The number of carbonyl (C=O) groups excluding carboxylic acids is 3. The second-order valence-corrected chi connectivity index (χ2v) is 18.5. The van der Waals surface area contributed by atoms with E-state index in [1.807, 2.05) is 0 Å². The minimum atomic E-state index is -0.798. The van der Waals surface area contributed by atoms with Gasteiger partial charge in [-0.1, -0.05) is 222 Å². The molecule has 0 radical (unpaired) electrons. The van der Waals surface area contributed by atoms with Gasteiger partial charge < -0.3 is 14.2 Å². The van der Waals surface area contributed by atoms with Gasteiger partial charge in [0.15, 0.2) is 6.10 Å². The molecule has 0 aliphatic heterocycles. The molecule has 66 heavy (non-hydrogen) atoms. The molecule has 0 amide bonds. The number of hydrogen-bond donors (Lipinski definition) is 0. The number of hydrogen-bond acceptors (Lipinski definition) is 6. The van der Waals surface area contributed by atoms with Crippen molar-refractivity contribution in [3.05, 3.63) is 72.9 Å². The summed E-state index contributed by atoms with van der Waals surface area (Å²) >= 11 is 0. The maximum atomic E-state index is 12.8. The normalized spacial score (nSPS) is 12.6. The molecule has 0 spiro atoms. The van der Waals surface area contributed by atoms with Crippen molar-refractivity contribution < 1.29 is 28.6 Å². The third-order valence-corrected chi connectivity index (χ3v) is 12.0. The number of esters is 3. The van der Waals surface area contributed by atoms with E-state index in [1.54, 1.807) is 0 Å². The lowest BCUT2D eigenvalue weighted by molar-refractivity contribution is -0.167. The first-order chi connectivity index (χ1) is 32.5. The summed E-state index contributed by atoms with van der Waals surface area (Å²) in [4.78, 5) is 38.1. The minimum absolute atomic E-state index is 0.0940. The molecular weight excluding hydrogens is 817 g/mol. The molecule has 6 heteroatoms. The number of ether oxygens (including phenoxy) is 3. The van der Waals surface area contributed by atoms with E-state index in [9.17, 15) is 14.4 Å². The SMILES string of the molecule is CCCCC/C=C\C=C/CCCCCCCCC(=O)OCC(COC(=O)CCCCCCCCC/C=C\C/C=C\CCCCC)OC(=O)CCCCC/C=C\C=C/CCCCCCCCC. The number of carbonyl (C=O) groups is 3. The van der Waals surface area contributed by atoms with E-state index in [0.29, 0.717) is 19.3 Å². The Hall–Kier alpha value is -3.15. The van der Waals surface area contributed by atoms with Crippen LogP contribution in [0.5, 0.6) is 0 Å². The van der Waals surface area contributed by atoms with E-state index in [0.717, 1.165) is 89.9 Å². The summed E-state index contributed by atoms with van der Waals surface area (Å²) in [6.07, 6.45) is 68.8. The lowest BCUT2D eigenvalue weighted by Crippen LogP contribution is -2.30. The second-order valence-electron chi connectivity index (χ2n) is 18.5. The maximum absolute atomic E-state index is 12.8. The van der Waals surface area contributed by atoms with E-state index in [4.69, 9.17) is 14.2 Å². The van der Waals surface area contributed by atoms with E-state index in [1.165, 1.54) is 141 Å². The molecule has 0 saturated heterocycles. The van der Waals surface area contributed by atoms with E-state index in [2.05, 4.69) is 93.7 Å².